The molecule has 2 heterocycles. The Morgan fingerprint density at radius 3 is 2.25 bits per heavy atom. The molecule has 1 aliphatic rings. The second-order valence-corrected chi connectivity index (χ2v) is 15.1. The lowest BCUT2D eigenvalue weighted by atomic mass is 10.0. The van der Waals surface area contributed by atoms with Gasteiger partial charge in [-0.05, 0) is 37.7 Å². The Kier molecular flexibility index (Phi) is 17.8. The number of oxime groups is 1. The fourth-order valence-corrected chi connectivity index (χ4v) is 6.57. The van der Waals surface area contributed by atoms with Gasteiger partial charge in [0.2, 0.25) is 35.4 Å². The third-order valence-corrected chi connectivity index (χ3v) is 9.41. The zero-order chi connectivity index (χ0) is 42.3. The van der Waals surface area contributed by atoms with Crippen LogP contribution in [0.1, 0.15) is 58.2 Å². The van der Waals surface area contributed by atoms with Gasteiger partial charge in [0.25, 0.3) is 0 Å². The van der Waals surface area contributed by atoms with E-state index in [0.29, 0.717) is 12.1 Å². The molecule has 57 heavy (non-hydrogen) atoms. The number of imidazole rings is 1. The fourth-order valence-electron chi connectivity index (χ4n) is 6.01. The van der Waals surface area contributed by atoms with Crippen molar-refractivity contribution in [2.75, 3.05) is 13.2 Å². The zero-order valence-electron chi connectivity index (χ0n) is 32.1. The first-order valence-electron chi connectivity index (χ1n) is 18.2. The summed E-state index contributed by atoms with van der Waals surface area (Å²) in [6.45, 7) is 5.08. The van der Waals surface area contributed by atoms with Gasteiger partial charge >= 0.3 is 7.82 Å². The van der Waals surface area contributed by atoms with Crippen LogP contribution < -0.4 is 27.0 Å². The van der Waals surface area contributed by atoms with Crippen LogP contribution in [0.5, 0.6) is 0 Å². The Morgan fingerprint density at radius 1 is 1.02 bits per heavy atom. The SMILES string of the molecule is CC(=O)N1CC(ON=CCCc2ccccc2)CC1C(=O)NC(CC(C)C)C(=O)NC(Cc1cnc[nH]1)C(=O)NC(CO)C(=O)NC(C(N)=O)C(C)OP(=O)(O)O. The van der Waals surface area contributed by atoms with Crippen LogP contribution in [-0.2, 0) is 55.5 Å². The van der Waals surface area contributed by atoms with Crippen molar-refractivity contribution >= 4 is 49.5 Å². The normalized spacial score (nSPS) is 18.3. The van der Waals surface area contributed by atoms with Crippen molar-refractivity contribution in [1.82, 2.24) is 36.1 Å². The quantitative estimate of drug-likeness (QED) is 0.0373. The van der Waals surface area contributed by atoms with Gasteiger partial charge in [-0.25, -0.2) is 9.55 Å². The summed E-state index contributed by atoms with van der Waals surface area (Å²) in [5.41, 5.74) is 6.81. The Bertz CT molecular complexity index is 1740. The molecule has 0 bridgehead atoms. The van der Waals surface area contributed by atoms with Crippen molar-refractivity contribution < 1.29 is 57.6 Å². The van der Waals surface area contributed by atoms with Gasteiger partial charge in [0.15, 0.2) is 0 Å². The third-order valence-electron chi connectivity index (χ3n) is 8.80. The van der Waals surface area contributed by atoms with Gasteiger partial charge in [-0.3, -0.25) is 33.3 Å². The highest BCUT2D eigenvalue weighted by Gasteiger charge is 2.41. The summed E-state index contributed by atoms with van der Waals surface area (Å²) in [5, 5.41) is 23.7. The van der Waals surface area contributed by atoms with E-state index in [0.717, 1.165) is 18.9 Å². The lowest BCUT2D eigenvalue weighted by Crippen LogP contribution is -2.61. The van der Waals surface area contributed by atoms with E-state index in [1.54, 1.807) is 6.21 Å². The number of carbonyl (C=O) groups excluding carboxylic acids is 6. The largest absolute Gasteiger partial charge is 0.469 e. The third kappa shape index (κ3) is 15.3. The van der Waals surface area contributed by atoms with Gasteiger partial charge in [-0.1, -0.05) is 49.3 Å². The highest BCUT2D eigenvalue weighted by atomic mass is 31.2. The van der Waals surface area contributed by atoms with Crippen LogP contribution in [0.4, 0.5) is 0 Å². The predicted molar refractivity (Wildman–Crippen MR) is 202 cm³/mol. The summed E-state index contributed by atoms with van der Waals surface area (Å²) >= 11 is 0. The molecule has 0 spiro atoms. The smallest absolute Gasteiger partial charge is 0.394 e. The minimum absolute atomic E-state index is 0.0896. The van der Waals surface area contributed by atoms with Crippen molar-refractivity contribution in [3.63, 3.8) is 0 Å². The van der Waals surface area contributed by atoms with Crippen LogP contribution in [0.25, 0.3) is 0 Å². The summed E-state index contributed by atoms with van der Waals surface area (Å²) in [7, 11) is -5.11. The molecule has 7 atom stereocenters. The topological polar surface area (TPSA) is 317 Å². The highest BCUT2D eigenvalue weighted by Crippen LogP contribution is 2.38. The summed E-state index contributed by atoms with van der Waals surface area (Å²) in [5.74, 6) is -5.29. The first-order valence-corrected chi connectivity index (χ1v) is 19.7. The lowest BCUT2D eigenvalue weighted by Gasteiger charge is -2.28. The maximum absolute atomic E-state index is 13.8. The number of aromatic amines is 1. The van der Waals surface area contributed by atoms with Crippen molar-refractivity contribution in [2.24, 2.45) is 16.8 Å². The number of aryl methyl sites for hydroxylation is 1. The number of H-pyrrole nitrogens is 1. The van der Waals surface area contributed by atoms with Crippen LogP contribution in [0.3, 0.4) is 0 Å². The molecule has 7 unspecified atom stereocenters. The van der Waals surface area contributed by atoms with E-state index in [1.165, 1.54) is 24.3 Å². The van der Waals surface area contributed by atoms with Crippen LogP contribution >= 0.6 is 7.82 Å². The molecule has 1 fully saturated rings. The Hall–Kier alpha value is -5.21. The van der Waals surface area contributed by atoms with E-state index < -0.39 is 86.4 Å². The number of nitrogens with zero attached hydrogens (tertiary/aromatic N) is 3. The number of aliphatic hydroxyl groups is 1. The average molecular weight is 822 g/mol. The number of primary amides is 1. The van der Waals surface area contributed by atoms with Crippen molar-refractivity contribution in [1.29, 1.82) is 0 Å². The highest BCUT2D eigenvalue weighted by molar-refractivity contribution is 7.46. The summed E-state index contributed by atoms with van der Waals surface area (Å²) in [6.07, 6.45) is 3.54. The number of aliphatic hydroxyl groups excluding tert-OH is 1. The summed E-state index contributed by atoms with van der Waals surface area (Å²) < 4.78 is 15.7. The Morgan fingerprint density at radius 2 is 1.67 bits per heavy atom. The van der Waals surface area contributed by atoms with Gasteiger partial charge in [0, 0.05) is 37.9 Å². The molecule has 22 heteroatoms. The van der Waals surface area contributed by atoms with E-state index in [2.05, 4.69) is 40.9 Å². The maximum Gasteiger partial charge on any atom is 0.469 e. The van der Waals surface area contributed by atoms with Gasteiger partial charge in [-0.15, -0.1) is 0 Å². The number of hydrogen-bond donors (Lipinski definition) is 9. The molecule has 314 valence electrons. The summed E-state index contributed by atoms with van der Waals surface area (Å²) in [4.78, 5) is 111. The van der Waals surface area contributed by atoms with Gasteiger partial charge in [0.05, 0.1) is 25.6 Å². The van der Waals surface area contributed by atoms with Gasteiger partial charge < -0.3 is 56.6 Å². The minimum Gasteiger partial charge on any atom is -0.394 e. The van der Waals surface area contributed by atoms with Crippen LogP contribution in [0.2, 0.25) is 0 Å². The van der Waals surface area contributed by atoms with Crippen molar-refractivity contribution in [2.45, 2.75) is 102 Å². The number of aromatic nitrogens is 2. The van der Waals surface area contributed by atoms with Gasteiger partial charge in [0.1, 0.15) is 36.3 Å². The molecule has 1 aromatic carbocycles. The molecule has 10 N–H and O–H groups in total. The van der Waals surface area contributed by atoms with Crippen LogP contribution in [0, 0.1) is 5.92 Å². The van der Waals surface area contributed by atoms with E-state index in [4.69, 9.17) is 20.4 Å². The molecule has 3 rings (SSSR count). The molecular formula is C35H52N9O12P. The molecule has 2 aromatic rings. The number of nitrogens with two attached hydrogens (primary N) is 1. The molecule has 1 aliphatic heterocycles. The van der Waals surface area contributed by atoms with Crippen molar-refractivity contribution in [3.8, 4) is 0 Å². The van der Waals surface area contributed by atoms with Crippen LogP contribution in [-0.4, -0.2) is 127 Å². The fraction of sp³-hybridized carbons (Fsp3) is 0.543. The number of phosphoric acid groups is 1. The van der Waals surface area contributed by atoms with Crippen molar-refractivity contribution in [3.05, 3.63) is 54.1 Å². The maximum atomic E-state index is 13.8. The molecule has 1 aromatic heterocycles. The number of hydrogen-bond acceptors (Lipinski definition) is 12. The first kappa shape index (κ1) is 46.2. The number of rotatable bonds is 22. The number of likely N-dealkylation sites (tertiary alicyclic amines) is 1. The van der Waals surface area contributed by atoms with E-state index in [-0.39, 0.29) is 37.6 Å². The minimum atomic E-state index is -5.11. The summed E-state index contributed by atoms with van der Waals surface area (Å²) in [6, 6.07) is 2.69. The average Bonchev–Trinajstić information content (AvgIpc) is 3.82. The zero-order valence-corrected chi connectivity index (χ0v) is 33.0. The predicted octanol–water partition coefficient (Wildman–Crippen LogP) is -1.46. The number of phosphoric ester groups is 1. The Balaban J connectivity index is 1.72. The second-order valence-electron chi connectivity index (χ2n) is 13.9. The molecule has 0 radical (unpaired) electrons. The van der Waals surface area contributed by atoms with Crippen LogP contribution in [0.15, 0.2) is 48.0 Å². The molecular weight excluding hydrogens is 769 g/mol. The standard InChI is InChI=1S/C35H52N9O12P/c1-20(2)13-26(41-35(51)29-15-25(17-44(29)22(4)46)55-39-12-8-11-23-9-6-5-7-10-23)32(48)40-27(14-24-16-37-19-38-24)33(49)42-28(18-45)34(50)43-30(31(36)47)21(3)56-57(52,53)54/h5-7,9-10,12,16,19-21,25-30,45H,8,11,13-15,17-18H2,1-4H3,(H2,36,47)(H,37,38)(H,40,48)(H,41,51)(H,42,49)(H,43,50)(H2,52,53,54). The number of carbonyl (C=O) groups is 6. The molecule has 1 saturated heterocycles. The Labute approximate surface area is 329 Å². The molecule has 6 amide bonds. The van der Waals surface area contributed by atoms with E-state index in [1.807, 2.05) is 44.2 Å². The van der Waals surface area contributed by atoms with Gasteiger partial charge in [-0.2, -0.15) is 0 Å². The molecule has 21 nitrogen and oxygen atoms in total. The van der Waals surface area contributed by atoms with E-state index >= 15 is 0 Å². The number of amides is 6. The van der Waals surface area contributed by atoms with E-state index in [9.17, 15) is 38.4 Å². The second kappa shape index (κ2) is 21.9. The molecule has 0 saturated carbocycles. The number of benzene rings is 1. The number of nitrogens with one attached hydrogen (secondary N) is 5. The first-order chi connectivity index (χ1) is 26.9. The monoisotopic (exact) mass is 821 g/mol. The molecule has 0 aliphatic carbocycles. The lowest BCUT2D eigenvalue weighted by molar-refractivity contribution is -0.139.